The maximum Gasteiger partial charge on any atom is 0.0778 e. The summed E-state index contributed by atoms with van der Waals surface area (Å²) >= 11 is 1.86. The molecule has 1 saturated heterocycles. The Balaban J connectivity index is 2.12. The van der Waals surface area contributed by atoms with Crippen molar-refractivity contribution in [2.45, 2.75) is 31.9 Å². The Bertz CT molecular complexity index is 291. The molecule has 0 aliphatic carbocycles. The molecule has 78 valence electrons. The molecule has 2 heterocycles. The molecule has 0 spiro atoms. The summed E-state index contributed by atoms with van der Waals surface area (Å²) in [7, 11) is 2.02. The smallest absolute Gasteiger partial charge is 0.0778 e. The molecule has 2 nitrogen and oxygen atoms in total. The number of nitrogens with one attached hydrogen (secondary N) is 1. The molecule has 2 unspecified atom stereocenters. The van der Waals surface area contributed by atoms with Gasteiger partial charge in [0.1, 0.15) is 0 Å². The molecule has 14 heavy (non-hydrogen) atoms. The molecule has 1 fully saturated rings. The van der Waals surface area contributed by atoms with Crippen LogP contribution in [-0.2, 0) is 4.74 Å². The van der Waals surface area contributed by atoms with Crippen LogP contribution >= 0.6 is 11.3 Å². The van der Waals surface area contributed by atoms with Crippen molar-refractivity contribution in [1.29, 1.82) is 0 Å². The second-order valence-electron chi connectivity index (χ2n) is 3.77. The summed E-state index contributed by atoms with van der Waals surface area (Å²) in [6.07, 6.45) is 2.76. The van der Waals surface area contributed by atoms with Crippen molar-refractivity contribution in [3.63, 3.8) is 0 Å². The quantitative estimate of drug-likeness (QED) is 0.829. The van der Waals surface area contributed by atoms with Gasteiger partial charge in [-0.2, -0.15) is 0 Å². The van der Waals surface area contributed by atoms with Gasteiger partial charge >= 0.3 is 0 Å². The highest BCUT2D eigenvalue weighted by Crippen LogP contribution is 2.30. The van der Waals surface area contributed by atoms with Gasteiger partial charge in [-0.25, -0.2) is 0 Å². The Hall–Kier alpha value is -0.380. The highest BCUT2D eigenvalue weighted by atomic mass is 32.1. The monoisotopic (exact) mass is 211 g/mol. The van der Waals surface area contributed by atoms with Crippen LogP contribution in [0.1, 0.15) is 28.6 Å². The third-order valence-corrected chi connectivity index (χ3v) is 3.80. The summed E-state index contributed by atoms with van der Waals surface area (Å²) in [5.41, 5.74) is 0. The standard InChI is InChI=1S/C11H17NOS/c1-8-5-6-10(14-8)11(12-2)9-4-3-7-13-9/h5-6,9,11-12H,3-4,7H2,1-2H3. The van der Waals surface area contributed by atoms with Crippen LogP contribution < -0.4 is 5.32 Å². The molecule has 2 rings (SSSR count). The van der Waals surface area contributed by atoms with Crippen LogP contribution in [0.15, 0.2) is 12.1 Å². The molecule has 1 aliphatic heterocycles. The highest BCUT2D eigenvalue weighted by molar-refractivity contribution is 7.12. The van der Waals surface area contributed by atoms with Gasteiger partial charge in [0.15, 0.2) is 0 Å². The average molecular weight is 211 g/mol. The Morgan fingerprint density at radius 1 is 1.57 bits per heavy atom. The first kappa shape index (κ1) is 10.1. The maximum absolute atomic E-state index is 5.71. The largest absolute Gasteiger partial charge is 0.376 e. The van der Waals surface area contributed by atoms with Crippen LogP contribution in [0, 0.1) is 6.92 Å². The third kappa shape index (κ3) is 2.00. The number of ether oxygens (including phenoxy) is 1. The highest BCUT2D eigenvalue weighted by Gasteiger charge is 2.26. The van der Waals surface area contributed by atoms with Crippen molar-refractivity contribution < 1.29 is 4.74 Å². The average Bonchev–Trinajstić information content (AvgIpc) is 2.79. The minimum atomic E-state index is 0.373. The van der Waals surface area contributed by atoms with Crippen LogP contribution in [-0.4, -0.2) is 19.8 Å². The molecule has 1 aromatic rings. The first-order valence-corrected chi connectivity index (χ1v) is 5.98. The minimum Gasteiger partial charge on any atom is -0.376 e. The first-order chi connectivity index (χ1) is 6.81. The van der Waals surface area contributed by atoms with E-state index in [1.165, 1.54) is 22.6 Å². The topological polar surface area (TPSA) is 21.3 Å². The lowest BCUT2D eigenvalue weighted by atomic mass is 10.1. The Kier molecular flexibility index (Phi) is 3.21. The minimum absolute atomic E-state index is 0.373. The van der Waals surface area contributed by atoms with Gasteiger partial charge in [-0.1, -0.05) is 0 Å². The zero-order chi connectivity index (χ0) is 9.97. The van der Waals surface area contributed by atoms with E-state index in [2.05, 4.69) is 24.4 Å². The Morgan fingerprint density at radius 3 is 2.93 bits per heavy atom. The number of hydrogen-bond acceptors (Lipinski definition) is 3. The van der Waals surface area contributed by atoms with E-state index >= 15 is 0 Å². The summed E-state index contributed by atoms with van der Waals surface area (Å²) in [6, 6.07) is 4.78. The lowest BCUT2D eigenvalue weighted by Gasteiger charge is -2.21. The number of likely N-dealkylation sites (N-methyl/N-ethyl adjacent to an activating group) is 1. The zero-order valence-corrected chi connectivity index (χ0v) is 9.56. The molecule has 1 N–H and O–H groups in total. The Labute approximate surface area is 89.3 Å². The van der Waals surface area contributed by atoms with Crippen molar-refractivity contribution in [3.8, 4) is 0 Å². The van der Waals surface area contributed by atoms with Crippen molar-refractivity contribution >= 4 is 11.3 Å². The summed E-state index contributed by atoms with van der Waals surface area (Å²) in [4.78, 5) is 2.77. The molecule has 0 aromatic carbocycles. The van der Waals surface area contributed by atoms with Crippen molar-refractivity contribution in [3.05, 3.63) is 21.9 Å². The van der Waals surface area contributed by atoms with Gasteiger partial charge in [-0.15, -0.1) is 11.3 Å². The molecular formula is C11H17NOS. The van der Waals surface area contributed by atoms with Gasteiger partial charge in [-0.3, -0.25) is 0 Å². The van der Waals surface area contributed by atoms with E-state index in [1.54, 1.807) is 0 Å². The zero-order valence-electron chi connectivity index (χ0n) is 8.75. The fraction of sp³-hybridized carbons (Fsp3) is 0.636. The summed E-state index contributed by atoms with van der Waals surface area (Å²) < 4.78 is 5.71. The second-order valence-corrected chi connectivity index (χ2v) is 5.09. The van der Waals surface area contributed by atoms with Gasteiger partial charge in [-0.05, 0) is 38.9 Å². The molecule has 0 bridgehead atoms. The van der Waals surface area contributed by atoms with Gasteiger partial charge in [0.05, 0.1) is 12.1 Å². The maximum atomic E-state index is 5.71. The van der Waals surface area contributed by atoms with Crippen LogP contribution in [0.25, 0.3) is 0 Å². The summed E-state index contributed by atoms with van der Waals surface area (Å²) in [5, 5.41) is 3.36. The molecule has 0 radical (unpaired) electrons. The van der Waals surface area contributed by atoms with Crippen molar-refractivity contribution in [2.24, 2.45) is 0 Å². The van der Waals surface area contributed by atoms with E-state index in [-0.39, 0.29) is 0 Å². The van der Waals surface area contributed by atoms with Crippen LogP contribution in [0.4, 0.5) is 0 Å². The summed E-state index contributed by atoms with van der Waals surface area (Å²) in [6.45, 7) is 3.07. The molecular weight excluding hydrogens is 194 g/mol. The molecule has 0 amide bonds. The predicted octanol–water partition coefficient (Wildman–Crippen LogP) is 2.50. The predicted molar refractivity (Wildman–Crippen MR) is 59.8 cm³/mol. The molecule has 2 atom stereocenters. The van der Waals surface area contributed by atoms with E-state index < -0.39 is 0 Å². The van der Waals surface area contributed by atoms with E-state index in [1.807, 2.05) is 18.4 Å². The lowest BCUT2D eigenvalue weighted by Crippen LogP contribution is -2.28. The molecule has 3 heteroatoms. The van der Waals surface area contributed by atoms with Crippen LogP contribution in [0.3, 0.4) is 0 Å². The number of thiophene rings is 1. The molecule has 0 saturated carbocycles. The third-order valence-electron chi connectivity index (χ3n) is 2.72. The lowest BCUT2D eigenvalue weighted by molar-refractivity contribution is 0.0818. The Morgan fingerprint density at radius 2 is 2.43 bits per heavy atom. The van der Waals surface area contributed by atoms with Gasteiger partial charge < -0.3 is 10.1 Å². The van der Waals surface area contributed by atoms with E-state index in [4.69, 9.17) is 4.74 Å². The van der Waals surface area contributed by atoms with Gasteiger partial charge in [0, 0.05) is 16.4 Å². The normalized spacial score (nSPS) is 24.0. The van der Waals surface area contributed by atoms with Crippen LogP contribution in [0.2, 0.25) is 0 Å². The fourth-order valence-corrected chi connectivity index (χ4v) is 3.04. The van der Waals surface area contributed by atoms with Crippen molar-refractivity contribution in [1.82, 2.24) is 5.32 Å². The number of aryl methyl sites for hydroxylation is 1. The van der Waals surface area contributed by atoms with Crippen LogP contribution in [0.5, 0.6) is 0 Å². The first-order valence-electron chi connectivity index (χ1n) is 5.16. The number of hydrogen-bond donors (Lipinski definition) is 1. The second kappa shape index (κ2) is 4.43. The van der Waals surface area contributed by atoms with Gasteiger partial charge in [0.25, 0.3) is 0 Å². The molecule has 1 aromatic heterocycles. The molecule has 1 aliphatic rings. The van der Waals surface area contributed by atoms with E-state index in [0.717, 1.165) is 6.61 Å². The van der Waals surface area contributed by atoms with Crippen molar-refractivity contribution in [2.75, 3.05) is 13.7 Å². The summed E-state index contributed by atoms with van der Waals surface area (Å²) in [5.74, 6) is 0. The van der Waals surface area contributed by atoms with Gasteiger partial charge in [0.2, 0.25) is 0 Å². The van der Waals surface area contributed by atoms with E-state index in [9.17, 15) is 0 Å². The SMILES string of the molecule is CNC(c1ccc(C)s1)C1CCCO1. The number of rotatable bonds is 3. The van der Waals surface area contributed by atoms with E-state index in [0.29, 0.717) is 12.1 Å². The fourth-order valence-electron chi connectivity index (χ4n) is 2.00.